The highest BCUT2D eigenvalue weighted by Gasteiger charge is 2.37. The lowest BCUT2D eigenvalue weighted by molar-refractivity contribution is 0.935. The molecule has 1 aromatic rings. The highest BCUT2D eigenvalue weighted by atomic mass is 79.9. The van der Waals surface area contributed by atoms with Gasteiger partial charge in [0.05, 0.1) is 5.69 Å². The Labute approximate surface area is 87.8 Å². The third-order valence-electron chi connectivity index (χ3n) is 2.03. The molecule has 0 spiro atoms. The van der Waals surface area contributed by atoms with Gasteiger partial charge >= 0.3 is 0 Å². The average molecular weight is 292 g/mol. The summed E-state index contributed by atoms with van der Waals surface area (Å²) in [6, 6.07) is 2.32. The van der Waals surface area contributed by atoms with Gasteiger partial charge in [0.2, 0.25) is 0 Å². The van der Waals surface area contributed by atoms with E-state index >= 15 is 0 Å². The van der Waals surface area contributed by atoms with Crippen LogP contribution in [0, 0.1) is 0 Å². The van der Waals surface area contributed by atoms with E-state index in [4.69, 9.17) is 5.73 Å². The summed E-state index contributed by atoms with van der Waals surface area (Å²) in [5, 5.41) is 0. The van der Waals surface area contributed by atoms with E-state index in [2.05, 4.69) is 36.8 Å². The van der Waals surface area contributed by atoms with Gasteiger partial charge < -0.3 is 5.73 Å². The van der Waals surface area contributed by atoms with Crippen molar-refractivity contribution in [1.29, 1.82) is 0 Å². The molecule has 1 aliphatic rings. The number of nitrogens with two attached hydrogens (primary N) is 1. The van der Waals surface area contributed by atoms with Crippen molar-refractivity contribution in [2.75, 3.05) is 0 Å². The molecule has 1 aliphatic carbocycles. The van der Waals surface area contributed by atoms with Gasteiger partial charge in [-0.05, 0) is 44.3 Å². The Morgan fingerprint density at radius 3 is 2.67 bits per heavy atom. The summed E-state index contributed by atoms with van der Waals surface area (Å²) < 4.78 is 2.04. The molecule has 0 radical (unpaired) electrons. The van der Waals surface area contributed by atoms with Gasteiger partial charge in [0.15, 0.2) is 0 Å². The minimum Gasteiger partial charge on any atom is -0.327 e. The zero-order valence-corrected chi connectivity index (χ0v) is 9.47. The number of aromatic nitrogens is 1. The lowest BCUT2D eigenvalue weighted by atomic mass is 10.2. The summed E-state index contributed by atoms with van der Waals surface area (Å²) in [4.78, 5) is 4.32. The molecule has 4 heteroatoms. The van der Waals surface area contributed by atoms with Crippen LogP contribution in [0.25, 0.3) is 0 Å². The molecule has 0 saturated heterocycles. The smallest absolute Gasteiger partial charge is 0.0593 e. The Bertz CT molecular complexity index is 314. The van der Waals surface area contributed by atoms with Gasteiger partial charge in [-0.1, -0.05) is 0 Å². The lowest BCUT2D eigenvalue weighted by Crippen LogP contribution is -2.02. The highest BCUT2D eigenvalue weighted by Crippen LogP contribution is 2.41. The molecule has 0 aromatic carbocycles. The van der Waals surface area contributed by atoms with Crippen LogP contribution in [0.1, 0.15) is 18.0 Å². The third-order valence-corrected chi connectivity index (χ3v) is 3.10. The molecule has 2 N–H and O–H groups in total. The second-order valence-corrected chi connectivity index (χ2v) is 4.80. The van der Waals surface area contributed by atoms with Crippen molar-refractivity contribution in [3.8, 4) is 0 Å². The van der Waals surface area contributed by atoms with Crippen LogP contribution in [-0.2, 0) is 0 Å². The number of hydrogen-bond acceptors (Lipinski definition) is 2. The normalized spacial score (nSPS) is 27.2. The summed E-state index contributed by atoms with van der Waals surface area (Å²) in [5.41, 5.74) is 6.82. The Balaban J connectivity index is 2.33. The van der Waals surface area contributed by atoms with Crippen molar-refractivity contribution in [3.63, 3.8) is 0 Å². The first-order chi connectivity index (χ1) is 5.68. The van der Waals surface area contributed by atoms with E-state index in [-0.39, 0.29) is 0 Å². The summed E-state index contributed by atoms with van der Waals surface area (Å²) in [5.74, 6) is 0.465. The zero-order chi connectivity index (χ0) is 8.72. The van der Waals surface area contributed by atoms with Crippen LogP contribution in [0.15, 0.2) is 21.2 Å². The van der Waals surface area contributed by atoms with E-state index < -0.39 is 0 Å². The fourth-order valence-electron chi connectivity index (χ4n) is 1.23. The molecule has 1 aromatic heterocycles. The Kier molecular flexibility index (Phi) is 2.23. The summed E-state index contributed by atoms with van der Waals surface area (Å²) in [6.07, 6.45) is 2.87. The predicted octanol–water partition coefficient (Wildman–Crippen LogP) is 2.42. The van der Waals surface area contributed by atoms with Crippen LogP contribution in [-0.4, -0.2) is 11.0 Å². The summed E-state index contributed by atoms with van der Waals surface area (Å²) >= 11 is 6.82. The van der Waals surface area contributed by atoms with E-state index in [1.165, 1.54) is 0 Å². The largest absolute Gasteiger partial charge is 0.327 e. The molecule has 12 heavy (non-hydrogen) atoms. The minimum absolute atomic E-state index is 0.315. The quantitative estimate of drug-likeness (QED) is 0.863. The molecule has 0 aliphatic heterocycles. The standard InChI is InChI=1S/C8H8Br2N2/c9-4-1-6(10)8(12-3-4)5-2-7(5)11/h1,3,5,7H,2,11H2. The lowest BCUT2D eigenvalue weighted by Gasteiger charge is -2.01. The maximum absolute atomic E-state index is 5.73. The molecular weight excluding hydrogens is 284 g/mol. The third kappa shape index (κ3) is 1.56. The Hall–Kier alpha value is 0.0700. The maximum atomic E-state index is 5.73. The molecule has 1 heterocycles. The van der Waals surface area contributed by atoms with Crippen LogP contribution in [0.2, 0.25) is 0 Å². The molecule has 1 fully saturated rings. The van der Waals surface area contributed by atoms with Crippen LogP contribution < -0.4 is 5.73 Å². The number of nitrogens with zero attached hydrogens (tertiary/aromatic N) is 1. The van der Waals surface area contributed by atoms with Crippen molar-refractivity contribution in [3.05, 3.63) is 26.9 Å². The highest BCUT2D eigenvalue weighted by molar-refractivity contribution is 9.11. The minimum atomic E-state index is 0.315. The van der Waals surface area contributed by atoms with Gasteiger partial charge in [0.25, 0.3) is 0 Å². The zero-order valence-electron chi connectivity index (χ0n) is 6.30. The summed E-state index contributed by atoms with van der Waals surface area (Å²) in [7, 11) is 0. The van der Waals surface area contributed by atoms with Crippen molar-refractivity contribution < 1.29 is 0 Å². The molecule has 2 atom stereocenters. The molecule has 2 unspecified atom stereocenters. The molecule has 0 bridgehead atoms. The van der Waals surface area contributed by atoms with Crippen LogP contribution in [0.3, 0.4) is 0 Å². The van der Waals surface area contributed by atoms with E-state index in [1.807, 2.05) is 12.3 Å². The number of hydrogen-bond donors (Lipinski definition) is 1. The van der Waals surface area contributed by atoms with Crippen LogP contribution in [0.4, 0.5) is 0 Å². The van der Waals surface area contributed by atoms with Gasteiger partial charge in [-0.15, -0.1) is 0 Å². The van der Waals surface area contributed by atoms with Gasteiger partial charge in [-0.2, -0.15) is 0 Å². The molecule has 1 saturated carbocycles. The Morgan fingerprint density at radius 2 is 2.17 bits per heavy atom. The number of rotatable bonds is 1. The molecule has 0 amide bonds. The fraction of sp³-hybridized carbons (Fsp3) is 0.375. The van der Waals surface area contributed by atoms with Crippen LogP contribution >= 0.6 is 31.9 Å². The average Bonchev–Trinajstić information content (AvgIpc) is 2.66. The SMILES string of the molecule is NC1CC1c1ncc(Br)cc1Br. The first-order valence-electron chi connectivity index (χ1n) is 3.75. The van der Waals surface area contributed by atoms with E-state index in [1.54, 1.807) is 0 Å². The van der Waals surface area contributed by atoms with Gasteiger partial charge in [-0.3, -0.25) is 4.98 Å². The van der Waals surface area contributed by atoms with E-state index in [0.29, 0.717) is 12.0 Å². The van der Waals surface area contributed by atoms with Crippen molar-refractivity contribution in [2.45, 2.75) is 18.4 Å². The van der Waals surface area contributed by atoms with Gasteiger partial charge in [0.1, 0.15) is 0 Å². The maximum Gasteiger partial charge on any atom is 0.0593 e. The van der Waals surface area contributed by atoms with Gasteiger partial charge in [-0.25, -0.2) is 0 Å². The molecular formula is C8H8Br2N2. The first-order valence-corrected chi connectivity index (χ1v) is 5.33. The Morgan fingerprint density at radius 1 is 1.50 bits per heavy atom. The topological polar surface area (TPSA) is 38.9 Å². The number of pyridine rings is 1. The first kappa shape index (κ1) is 8.66. The predicted molar refractivity (Wildman–Crippen MR) is 55.0 cm³/mol. The van der Waals surface area contributed by atoms with Crippen molar-refractivity contribution in [2.24, 2.45) is 5.73 Å². The molecule has 64 valence electrons. The van der Waals surface area contributed by atoms with Crippen molar-refractivity contribution in [1.82, 2.24) is 4.98 Å². The number of halogens is 2. The van der Waals surface area contributed by atoms with E-state index in [0.717, 1.165) is 21.1 Å². The van der Waals surface area contributed by atoms with Crippen molar-refractivity contribution >= 4 is 31.9 Å². The molecule has 2 rings (SSSR count). The second kappa shape index (κ2) is 3.09. The molecule has 2 nitrogen and oxygen atoms in total. The second-order valence-electron chi connectivity index (χ2n) is 3.03. The monoisotopic (exact) mass is 290 g/mol. The fourth-order valence-corrected chi connectivity index (χ4v) is 2.51. The van der Waals surface area contributed by atoms with E-state index in [9.17, 15) is 0 Å². The van der Waals surface area contributed by atoms with Gasteiger partial charge in [0, 0.05) is 27.1 Å². The van der Waals surface area contributed by atoms with Crippen LogP contribution in [0.5, 0.6) is 0 Å². The summed E-state index contributed by atoms with van der Waals surface area (Å²) in [6.45, 7) is 0.